The lowest BCUT2D eigenvalue weighted by atomic mass is 9.83. The van der Waals surface area contributed by atoms with E-state index in [4.69, 9.17) is 5.73 Å². The number of hydrogen-bond acceptors (Lipinski definition) is 3. The molecule has 0 aromatic rings. The normalized spacial score (nSPS) is 35.1. The van der Waals surface area contributed by atoms with Gasteiger partial charge in [-0.2, -0.15) is 0 Å². The van der Waals surface area contributed by atoms with Crippen molar-refractivity contribution in [2.24, 2.45) is 17.1 Å². The topological polar surface area (TPSA) is 49.6 Å². The van der Waals surface area contributed by atoms with Crippen molar-refractivity contribution in [2.45, 2.75) is 38.1 Å². The summed E-state index contributed by atoms with van der Waals surface area (Å²) in [6.07, 6.45) is 5.73. The van der Waals surface area contributed by atoms with Crippen LogP contribution < -0.4 is 5.73 Å². The number of amides is 1. The van der Waals surface area contributed by atoms with Crippen LogP contribution >= 0.6 is 0 Å². The molecule has 4 heteroatoms. The van der Waals surface area contributed by atoms with E-state index in [1.165, 1.54) is 19.4 Å². The van der Waals surface area contributed by atoms with E-state index in [0.29, 0.717) is 24.4 Å². The van der Waals surface area contributed by atoms with Crippen LogP contribution in [0.15, 0.2) is 0 Å². The van der Waals surface area contributed by atoms with Crippen LogP contribution in [0.25, 0.3) is 0 Å². The Balaban J connectivity index is 1.65. The molecule has 102 valence electrons. The van der Waals surface area contributed by atoms with Crippen LogP contribution in [0, 0.1) is 11.3 Å². The van der Waals surface area contributed by atoms with Crippen LogP contribution in [0.3, 0.4) is 0 Å². The molecule has 0 radical (unpaired) electrons. The standard InChI is InChI=1S/C14H25N3O/c1-16-7-2-3-11-9-17(8-4-12(11)16)13(18)14(10-15)5-6-14/h11-12H,2-10,15H2,1H3. The monoisotopic (exact) mass is 251 g/mol. The second kappa shape index (κ2) is 4.49. The minimum Gasteiger partial charge on any atom is -0.342 e. The van der Waals surface area contributed by atoms with Gasteiger partial charge >= 0.3 is 0 Å². The van der Waals surface area contributed by atoms with Gasteiger partial charge in [0.2, 0.25) is 5.91 Å². The van der Waals surface area contributed by atoms with Crippen molar-refractivity contribution < 1.29 is 4.79 Å². The fraction of sp³-hybridized carbons (Fsp3) is 0.929. The third kappa shape index (κ3) is 1.95. The van der Waals surface area contributed by atoms with Gasteiger partial charge in [-0.1, -0.05) is 0 Å². The van der Waals surface area contributed by atoms with Crippen molar-refractivity contribution in [3.63, 3.8) is 0 Å². The van der Waals surface area contributed by atoms with Gasteiger partial charge in [0.15, 0.2) is 0 Å². The third-order valence-electron chi connectivity index (χ3n) is 5.33. The summed E-state index contributed by atoms with van der Waals surface area (Å²) in [5.41, 5.74) is 5.62. The lowest BCUT2D eigenvalue weighted by Crippen LogP contribution is -2.55. The molecule has 2 atom stereocenters. The molecule has 2 saturated heterocycles. The highest BCUT2D eigenvalue weighted by Crippen LogP contribution is 2.47. The summed E-state index contributed by atoms with van der Waals surface area (Å²) in [6.45, 7) is 3.67. The molecule has 1 saturated carbocycles. The van der Waals surface area contributed by atoms with E-state index < -0.39 is 0 Å². The number of fused-ring (bicyclic) bond motifs is 1. The molecule has 0 spiro atoms. The van der Waals surface area contributed by atoms with Gasteiger partial charge in [-0.05, 0) is 51.6 Å². The van der Waals surface area contributed by atoms with Gasteiger partial charge in [-0.25, -0.2) is 0 Å². The van der Waals surface area contributed by atoms with Crippen LogP contribution in [-0.2, 0) is 4.79 Å². The van der Waals surface area contributed by atoms with Crippen LogP contribution in [0.2, 0.25) is 0 Å². The predicted molar refractivity (Wildman–Crippen MR) is 71.1 cm³/mol. The molecular formula is C14H25N3O. The minimum atomic E-state index is -0.159. The van der Waals surface area contributed by atoms with E-state index in [0.717, 1.165) is 32.4 Å². The maximum atomic E-state index is 12.5. The Morgan fingerprint density at radius 3 is 2.78 bits per heavy atom. The summed E-state index contributed by atoms with van der Waals surface area (Å²) in [4.78, 5) is 17.1. The van der Waals surface area contributed by atoms with Crippen molar-refractivity contribution in [3.05, 3.63) is 0 Å². The number of likely N-dealkylation sites (tertiary alicyclic amines) is 2. The van der Waals surface area contributed by atoms with Gasteiger partial charge in [-0.15, -0.1) is 0 Å². The predicted octanol–water partition coefficient (Wildman–Crippen LogP) is 0.668. The Morgan fingerprint density at radius 2 is 2.11 bits per heavy atom. The summed E-state index contributed by atoms with van der Waals surface area (Å²) >= 11 is 0. The first-order chi connectivity index (χ1) is 8.66. The van der Waals surface area contributed by atoms with E-state index in [1.54, 1.807) is 0 Å². The Bertz CT molecular complexity index is 340. The highest BCUT2D eigenvalue weighted by molar-refractivity contribution is 5.85. The van der Waals surface area contributed by atoms with Gasteiger partial charge < -0.3 is 15.5 Å². The summed E-state index contributed by atoms with van der Waals surface area (Å²) in [7, 11) is 2.23. The number of carbonyl (C=O) groups is 1. The molecule has 0 bridgehead atoms. The summed E-state index contributed by atoms with van der Waals surface area (Å²) in [6, 6.07) is 0.704. The zero-order chi connectivity index (χ0) is 12.8. The Labute approximate surface area is 109 Å². The van der Waals surface area contributed by atoms with Crippen molar-refractivity contribution in [3.8, 4) is 0 Å². The molecule has 1 aliphatic carbocycles. The van der Waals surface area contributed by atoms with Crippen LogP contribution in [0.4, 0.5) is 0 Å². The molecule has 3 fully saturated rings. The zero-order valence-electron chi connectivity index (χ0n) is 11.4. The molecule has 2 aliphatic heterocycles. The zero-order valence-corrected chi connectivity index (χ0v) is 11.4. The summed E-state index contributed by atoms with van der Waals surface area (Å²) in [5, 5.41) is 0. The van der Waals surface area contributed by atoms with Crippen molar-refractivity contribution in [1.82, 2.24) is 9.80 Å². The van der Waals surface area contributed by atoms with Gasteiger partial charge in [-0.3, -0.25) is 4.79 Å². The number of nitrogens with two attached hydrogens (primary N) is 1. The van der Waals surface area contributed by atoms with E-state index in [2.05, 4.69) is 16.8 Å². The van der Waals surface area contributed by atoms with Gasteiger partial charge in [0.25, 0.3) is 0 Å². The molecule has 0 aromatic heterocycles. The molecule has 0 aromatic carbocycles. The van der Waals surface area contributed by atoms with Gasteiger partial charge in [0.1, 0.15) is 0 Å². The molecule has 4 nitrogen and oxygen atoms in total. The maximum Gasteiger partial charge on any atom is 0.230 e. The Kier molecular flexibility index (Phi) is 3.10. The van der Waals surface area contributed by atoms with Crippen LogP contribution in [0.5, 0.6) is 0 Å². The van der Waals surface area contributed by atoms with Crippen LogP contribution in [-0.4, -0.2) is 55.0 Å². The number of piperidine rings is 2. The highest BCUT2D eigenvalue weighted by atomic mass is 16.2. The minimum absolute atomic E-state index is 0.159. The highest BCUT2D eigenvalue weighted by Gasteiger charge is 2.51. The largest absolute Gasteiger partial charge is 0.342 e. The van der Waals surface area contributed by atoms with Gasteiger partial charge in [0, 0.05) is 25.7 Å². The lowest BCUT2D eigenvalue weighted by molar-refractivity contribution is -0.140. The fourth-order valence-electron chi connectivity index (χ4n) is 3.83. The average Bonchev–Trinajstić information content (AvgIpc) is 3.19. The summed E-state index contributed by atoms with van der Waals surface area (Å²) < 4.78 is 0. The molecule has 2 N–H and O–H groups in total. The lowest BCUT2D eigenvalue weighted by Gasteiger charge is -2.46. The summed E-state index contributed by atoms with van der Waals surface area (Å²) in [5.74, 6) is 1.03. The van der Waals surface area contributed by atoms with Gasteiger partial charge in [0.05, 0.1) is 5.41 Å². The molecule has 2 heterocycles. The molecule has 3 aliphatic rings. The number of rotatable bonds is 2. The maximum absolute atomic E-state index is 12.5. The first-order valence-corrected chi connectivity index (χ1v) is 7.36. The first-order valence-electron chi connectivity index (χ1n) is 7.36. The van der Waals surface area contributed by atoms with E-state index in [-0.39, 0.29) is 5.41 Å². The second-order valence-electron chi connectivity index (χ2n) is 6.47. The molecular weight excluding hydrogens is 226 g/mol. The average molecular weight is 251 g/mol. The van der Waals surface area contributed by atoms with E-state index >= 15 is 0 Å². The Morgan fingerprint density at radius 1 is 1.33 bits per heavy atom. The quantitative estimate of drug-likeness (QED) is 0.784. The smallest absolute Gasteiger partial charge is 0.230 e. The van der Waals surface area contributed by atoms with E-state index in [1.807, 2.05) is 0 Å². The molecule has 2 unspecified atom stereocenters. The fourth-order valence-corrected chi connectivity index (χ4v) is 3.83. The number of nitrogens with zero attached hydrogens (tertiary/aromatic N) is 2. The second-order valence-corrected chi connectivity index (χ2v) is 6.47. The molecule has 18 heavy (non-hydrogen) atoms. The first kappa shape index (κ1) is 12.4. The number of carbonyl (C=O) groups excluding carboxylic acids is 1. The molecule has 1 amide bonds. The van der Waals surface area contributed by atoms with Crippen molar-refractivity contribution >= 4 is 5.91 Å². The molecule has 3 rings (SSSR count). The Hall–Kier alpha value is -0.610. The van der Waals surface area contributed by atoms with Crippen LogP contribution in [0.1, 0.15) is 32.1 Å². The SMILES string of the molecule is CN1CCCC2CN(C(=O)C3(CN)CC3)CCC21. The van der Waals surface area contributed by atoms with Crippen molar-refractivity contribution in [2.75, 3.05) is 33.2 Å². The number of hydrogen-bond donors (Lipinski definition) is 1. The van der Waals surface area contributed by atoms with Crippen molar-refractivity contribution in [1.29, 1.82) is 0 Å². The third-order valence-corrected chi connectivity index (χ3v) is 5.33. The van der Waals surface area contributed by atoms with E-state index in [9.17, 15) is 4.79 Å².